The highest BCUT2D eigenvalue weighted by molar-refractivity contribution is 6.04. The van der Waals surface area contributed by atoms with Crippen molar-refractivity contribution in [1.82, 2.24) is 9.80 Å². The zero-order chi connectivity index (χ0) is 18.6. The van der Waals surface area contributed by atoms with Crippen LogP contribution in [-0.4, -0.2) is 53.7 Å². The molecule has 0 saturated carbocycles. The van der Waals surface area contributed by atoms with Gasteiger partial charge < -0.3 is 15.1 Å². The van der Waals surface area contributed by atoms with Crippen LogP contribution >= 0.6 is 0 Å². The number of piperazine rings is 1. The number of nitrogens with one attached hydrogen (secondary N) is 1. The van der Waals surface area contributed by atoms with E-state index in [1.165, 1.54) is 24.0 Å². The van der Waals surface area contributed by atoms with Crippen LogP contribution in [0.4, 0.5) is 18.9 Å². The summed E-state index contributed by atoms with van der Waals surface area (Å²) in [5.74, 6) is -1.38. The van der Waals surface area contributed by atoms with Crippen molar-refractivity contribution in [3.63, 3.8) is 0 Å². The van der Waals surface area contributed by atoms with Crippen molar-refractivity contribution >= 4 is 23.4 Å². The number of carbonyl (C=O) groups is 3. The van der Waals surface area contributed by atoms with E-state index in [1.54, 1.807) is 4.90 Å². The molecule has 1 aliphatic rings. The van der Waals surface area contributed by atoms with Gasteiger partial charge in [-0.2, -0.15) is 13.2 Å². The number of nitrogens with zero attached hydrogens (tertiary/aromatic N) is 2. The van der Waals surface area contributed by atoms with Gasteiger partial charge in [0.2, 0.25) is 17.7 Å². The summed E-state index contributed by atoms with van der Waals surface area (Å²) in [5, 5.41) is 2.14. The number of para-hydroxylation sites is 1. The third-order valence-corrected chi connectivity index (χ3v) is 3.90. The number of rotatable bonds is 3. The number of carbonyl (C=O) groups excluding carboxylic acids is 3. The number of benzene rings is 1. The topological polar surface area (TPSA) is 69.7 Å². The van der Waals surface area contributed by atoms with Crippen molar-refractivity contribution in [3.05, 3.63) is 29.8 Å². The van der Waals surface area contributed by atoms with Crippen LogP contribution in [0.15, 0.2) is 24.3 Å². The van der Waals surface area contributed by atoms with Crippen molar-refractivity contribution in [2.24, 2.45) is 0 Å². The molecule has 0 unspecified atom stereocenters. The van der Waals surface area contributed by atoms with E-state index in [9.17, 15) is 27.6 Å². The van der Waals surface area contributed by atoms with E-state index in [-0.39, 0.29) is 11.6 Å². The van der Waals surface area contributed by atoms with Crippen molar-refractivity contribution in [2.75, 3.05) is 31.5 Å². The Morgan fingerprint density at radius 1 is 1.04 bits per heavy atom. The molecule has 1 fully saturated rings. The van der Waals surface area contributed by atoms with Gasteiger partial charge in [-0.3, -0.25) is 14.4 Å². The van der Waals surface area contributed by atoms with E-state index in [2.05, 4.69) is 5.32 Å². The van der Waals surface area contributed by atoms with Gasteiger partial charge in [0, 0.05) is 33.1 Å². The van der Waals surface area contributed by atoms with Crippen LogP contribution in [0.25, 0.3) is 0 Å². The molecule has 25 heavy (non-hydrogen) atoms. The van der Waals surface area contributed by atoms with Gasteiger partial charge in [0.25, 0.3) is 0 Å². The van der Waals surface area contributed by atoms with Crippen LogP contribution in [0, 0.1) is 0 Å². The molecule has 1 aromatic carbocycles. The zero-order valence-corrected chi connectivity index (χ0v) is 13.6. The normalized spacial score (nSPS) is 15.0. The molecule has 0 aromatic heterocycles. The molecular weight excluding hydrogens is 339 g/mol. The van der Waals surface area contributed by atoms with Gasteiger partial charge in [-0.15, -0.1) is 0 Å². The van der Waals surface area contributed by atoms with Gasteiger partial charge in [-0.1, -0.05) is 12.1 Å². The average molecular weight is 357 g/mol. The lowest BCUT2D eigenvalue weighted by molar-refractivity contribution is -0.140. The van der Waals surface area contributed by atoms with E-state index in [4.69, 9.17) is 0 Å². The quantitative estimate of drug-likeness (QED) is 0.838. The first-order valence-corrected chi connectivity index (χ1v) is 7.68. The Balaban J connectivity index is 1.93. The maximum atomic E-state index is 12.9. The minimum Gasteiger partial charge on any atom is -0.339 e. The lowest BCUT2D eigenvalue weighted by atomic mass is 10.1. The third kappa shape index (κ3) is 4.94. The molecule has 136 valence electrons. The first-order chi connectivity index (χ1) is 11.7. The Morgan fingerprint density at radius 3 is 2.16 bits per heavy atom. The molecule has 0 radical (unpaired) electrons. The molecule has 2 rings (SSSR count). The van der Waals surface area contributed by atoms with Crippen molar-refractivity contribution in [1.29, 1.82) is 0 Å². The minimum atomic E-state index is -4.60. The van der Waals surface area contributed by atoms with Crippen LogP contribution in [0.1, 0.15) is 18.9 Å². The minimum absolute atomic E-state index is 0.0893. The second-order valence-corrected chi connectivity index (χ2v) is 5.66. The monoisotopic (exact) mass is 357 g/mol. The van der Waals surface area contributed by atoms with Gasteiger partial charge in [0.15, 0.2) is 0 Å². The fourth-order valence-corrected chi connectivity index (χ4v) is 2.55. The number of amides is 3. The zero-order valence-electron chi connectivity index (χ0n) is 13.6. The summed E-state index contributed by atoms with van der Waals surface area (Å²) in [5.41, 5.74) is -1.35. The van der Waals surface area contributed by atoms with Crippen LogP contribution in [0.2, 0.25) is 0 Å². The summed E-state index contributed by atoms with van der Waals surface area (Å²) in [6, 6.07) is 4.58. The lowest BCUT2D eigenvalue weighted by Gasteiger charge is -2.34. The maximum Gasteiger partial charge on any atom is 0.418 e. The third-order valence-electron chi connectivity index (χ3n) is 3.90. The predicted octanol–water partition coefficient (Wildman–Crippen LogP) is 1.72. The van der Waals surface area contributed by atoms with E-state index in [0.717, 1.165) is 12.1 Å². The summed E-state index contributed by atoms with van der Waals surface area (Å²) in [7, 11) is 0. The van der Waals surface area contributed by atoms with Crippen molar-refractivity contribution < 1.29 is 27.6 Å². The summed E-state index contributed by atoms with van der Waals surface area (Å²) < 4.78 is 38.7. The molecule has 1 aliphatic heterocycles. The molecule has 0 aliphatic carbocycles. The van der Waals surface area contributed by atoms with Crippen molar-refractivity contribution in [2.45, 2.75) is 19.5 Å². The molecular formula is C16H18F3N3O3. The number of halogens is 3. The molecule has 0 atom stereocenters. The van der Waals surface area contributed by atoms with Crippen molar-refractivity contribution in [3.8, 4) is 0 Å². The molecule has 1 heterocycles. The van der Waals surface area contributed by atoms with E-state index >= 15 is 0 Å². The summed E-state index contributed by atoms with van der Waals surface area (Å²) >= 11 is 0. The number of hydrogen-bond acceptors (Lipinski definition) is 3. The van der Waals surface area contributed by atoms with E-state index < -0.39 is 30.0 Å². The van der Waals surface area contributed by atoms with Crippen LogP contribution in [-0.2, 0) is 20.6 Å². The highest BCUT2D eigenvalue weighted by Crippen LogP contribution is 2.34. The fraction of sp³-hybridized carbons (Fsp3) is 0.438. The molecule has 0 spiro atoms. The Hall–Kier alpha value is -2.58. The van der Waals surface area contributed by atoms with Gasteiger partial charge in [0.05, 0.1) is 11.3 Å². The Bertz CT molecular complexity index is 668. The highest BCUT2D eigenvalue weighted by Gasteiger charge is 2.33. The average Bonchev–Trinajstić information content (AvgIpc) is 2.54. The number of alkyl halides is 3. The number of hydrogen-bond donors (Lipinski definition) is 1. The first-order valence-electron chi connectivity index (χ1n) is 7.68. The highest BCUT2D eigenvalue weighted by atomic mass is 19.4. The fourth-order valence-electron chi connectivity index (χ4n) is 2.55. The predicted molar refractivity (Wildman–Crippen MR) is 83.5 cm³/mol. The smallest absolute Gasteiger partial charge is 0.339 e. The van der Waals surface area contributed by atoms with Gasteiger partial charge in [0.1, 0.15) is 6.42 Å². The summed E-state index contributed by atoms with van der Waals surface area (Å²) in [6.07, 6.45) is -5.15. The summed E-state index contributed by atoms with van der Waals surface area (Å²) in [6.45, 7) is 2.78. The molecule has 1 N–H and O–H groups in total. The second kappa shape index (κ2) is 7.54. The summed E-state index contributed by atoms with van der Waals surface area (Å²) in [4.78, 5) is 38.3. The Morgan fingerprint density at radius 2 is 1.60 bits per heavy atom. The van der Waals surface area contributed by atoms with Gasteiger partial charge in [-0.25, -0.2) is 0 Å². The maximum absolute atomic E-state index is 12.9. The van der Waals surface area contributed by atoms with E-state index in [0.29, 0.717) is 26.2 Å². The first kappa shape index (κ1) is 18.8. The molecule has 1 aromatic rings. The van der Waals surface area contributed by atoms with Crippen LogP contribution in [0.5, 0.6) is 0 Å². The Kier molecular flexibility index (Phi) is 5.66. The standard InChI is InChI=1S/C16H18F3N3O3/c1-11(23)21-6-8-22(9-7-21)15(25)10-14(24)20-13-5-3-2-4-12(13)16(17,18)19/h2-5H,6-10H2,1H3,(H,20,24). The largest absolute Gasteiger partial charge is 0.418 e. The lowest BCUT2D eigenvalue weighted by Crippen LogP contribution is -2.50. The molecule has 6 nitrogen and oxygen atoms in total. The Labute approximate surface area is 142 Å². The molecule has 0 bridgehead atoms. The molecule has 1 saturated heterocycles. The second-order valence-electron chi connectivity index (χ2n) is 5.66. The molecule has 3 amide bonds. The SMILES string of the molecule is CC(=O)N1CCN(C(=O)CC(=O)Nc2ccccc2C(F)(F)F)CC1. The van der Waals surface area contributed by atoms with E-state index in [1.807, 2.05) is 0 Å². The van der Waals surface area contributed by atoms with Crippen LogP contribution in [0.3, 0.4) is 0 Å². The molecule has 9 heteroatoms. The number of anilines is 1. The van der Waals surface area contributed by atoms with Gasteiger partial charge >= 0.3 is 6.18 Å². The van der Waals surface area contributed by atoms with Gasteiger partial charge in [-0.05, 0) is 12.1 Å². The van der Waals surface area contributed by atoms with Crippen LogP contribution < -0.4 is 5.32 Å².